The third kappa shape index (κ3) is 3.28. The van der Waals surface area contributed by atoms with E-state index in [0.717, 1.165) is 25.9 Å². The van der Waals surface area contributed by atoms with Crippen LogP contribution in [0.25, 0.3) is 0 Å². The molecule has 1 heterocycles. The summed E-state index contributed by atoms with van der Waals surface area (Å²) in [7, 11) is 0. The molecule has 3 heteroatoms. The number of carbonyl (C=O) groups excluding carboxylic acids is 1. The van der Waals surface area contributed by atoms with E-state index in [1.807, 2.05) is 0 Å². The van der Waals surface area contributed by atoms with E-state index in [1.54, 1.807) is 0 Å². The van der Waals surface area contributed by atoms with Crippen LogP contribution in [0, 0.1) is 5.92 Å². The van der Waals surface area contributed by atoms with Crippen molar-refractivity contribution < 1.29 is 14.3 Å². The van der Waals surface area contributed by atoms with Crippen LogP contribution in [0.15, 0.2) is 0 Å². The molecule has 1 aliphatic heterocycles. The molecule has 15 heavy (non-hydrogen) atoms. The predicted molar refractivity (Wildman–Crippen MR) is 56.8 cm³/mol. The molecule has 2 aliphatic rings. The molecule has 86 valence electrons. The van der Waals surface area contributed by atoms with Crippen LogP contribution >= 0.6 is 0 Å². The molecule has 0 bridgehead atoms. The average molecular weight is 212 g/mol. The van der Waals surface area contributed by atoms with Crippen LogP contribution in [0.3, 0.4) is 0 Å². The SMILES string of the molecule is O=C(COC1CCOC1)C1CCCCC1. The van der Waals surface area contributed by atoms with E-state index in [2.05, 4.69) is 0 Å². The molecule has 0 N–H and O–H groups in total. The standard InChI is InChI=1S/C12H20O3/c13-12(10-4-2-1-3-5-10)9-15-11-6-7-14-8-11/h10-11H,1-9H2. The van der Waals surface area contributed by atoms with Crippen molar-refractivity contribution in [2.45, 2.75) is 44.6 Å². The Balaban J connectivity index is 1.66. The summed E-state index contributed by atoms with van der Waals surface area (Å²) in [5, 5.41) is 0. The Labute approximate surface area is 91.1 Å². The van der Waals surface area contributed by atoms with Crippen molar-refractivity contribution >= 4 is 5.78 Å². The zero-order chi connectivity index (χ0) is 10.5. The summed E-state index contributed by atoms with van der Waals surface area (Å²) >= 11 is 0. The Morgan fingerprint density at radius 1 is 1.20 bits per heavy atom. The maximum Gasteiger partial charge on any atom is 0.161 e. The lowest BCUT2D eigenvalue weighted by Crippen LogP contribution is -2.25. The second-order valence-electron chi connectivity index (χ2n) is 4.60. The minimum atomic E-state index is 0.164. The molecule has 3 nitrogen and oxygen atoms in total. The van der Waals surface area contributed by atoms with Crippen molar-refractivity contribution in [1.29, 1.82) is 0 Å². The van der Waals surface area contributed by atoms with Crippen LogP contribution < -0.4 is 0 Å². The first kappa shape index (κ1) is 11.1. The number of hydrogen-bond acceptors (Lipinski definition) is 3. The number of carbonyl (C=O) groups is 1. The average Bonchev–Trinajstić information content (AvgIpc) is 2.80. The van der Waals surface area contributed by atoms with Crippen molar-refractivity contribution in [2.75, 3.05) is 19.8 Å². The summed E-state index contributed by atoms with van der Waals surface area (Å²) in [6.45, 7) is 1.75. The van der Waals surface area contributed by atoms with Gasteiger partial charge in [-0.05, 0) is 19.3 Å². The van der Waals surface area contributed by atoms with Crippen LogP contribution in [-0.4, -0.2) is 31.7 Å². The molecule has 1 aliphatic carbocycles. The molecule has 0 aromatic rings. The van der Waals surface area contributed by atoms with Gasteiger partial charge in [-0.15, -0.1) is 0 Å². The zero-order valence-electron chi connectivity index (χ0n) is 9.24. The molecule has 1 unspecified atom stereocenters. The number of ketones is 1. The molecule has 0 radical (unpaired) electrons. The maximum absolute atomic E-state index is 11.8. The summed E-state index contributed by atoms with van der Waals surface area (Å²) in [6, 6.07) is 0. The summed E-state index contributed by atoms with van der Waals surface area (Å²) in [5.74, 6) is 0.586. The highest BCUT2D eigenvalue weighted by molar-refractivity contribution is 5.82. The normalized spacial score (nSPS) is 28.1. The number of Topliss-reactive ketones (excluding diaryl/α,β-unsaturated/α-hetero) is 1. The Morgan fingerprint density at radius 2 is 2.00 bits per heavy atom. The van der Waals surface area contributed by atoms with E-state index in [9.17, 15) is 4.79 Å². The minimum Gasteiger partial charge on any atom is -0.379 e. The van der Waals surface area contributed by atoms with Crippen molar-refractivity contribution in [1.82, 2.24) is 0 Å². The molecule has 2 rings (SSSR count). The van der Waals surface area contributed by atoms with E-state index >= 15 is 0 Å². The Morgan fingerprint density at radius 3 is 2.67 bits per heavy atom. The molecule has 0 spiro atoms. The van der Waals surface area contributed by atoms with Crippen molar-refractivity contribution in [2.24, 2.45) is 5.92 Å². The van der Waals surface area contributed by atoms with E-state index in [-0.39, 0.29) is 12.0 Å². The lowest BCUT2D eigenvalue weighted by Gasteiger charge is -2.20. The molecule has 1 saturated carbocycles. The van der Waals surface area contributed by atoms with Gasteiger partial charge in [-0.25, -0.2) is 0 Å². The van der Waals surface area contributed by atoms with Crippen LogP contribution in [0.2, 0.25) is 0 Å². The van der Waals surface area contributed by atoms with Crippen LogP contribution in [-0.2, 0) is 14.3 Å². The van der Waals surface area contributed by atoms with E-state index < -0.39 is 0 Å². The highest BCUT2D eigenvalue weighted by Crippen LogP contribution is 2.24. The summed E-state index contributed by atoms with van der Waals surface area (Å²) in [4.78, 5) is 11.8. The summed E-state index contributed by atoms with van der Waals surface area (Å²) in [5.41, 5.74) is 0. The first-order valence-electron chi connectivity index (χ1n) is 6.08. The van der Waals surface area contributed by atoms with Crippen molar-refractivity contribution in [3.63, 3.8) is 0 Å². The van der Waals surface area contributed by atoms with Crippen molar-refractivity contribution in [3.8, 4) is 0 Å². The molecule has 1 saturated heterocycles. The fourth-order valence-electron chi connectivity index (χ4n) is 2.39. The second-order valence-corrected chi connectivity index (χ2v) is 4.60. The molecule has 0 aromatic carbocycles. The first-order valence-corrected chi connectivity index (χ1v) is 6.08. The van der Waals surface area contributed by atoms with Gasteiger partial charge < -0.3 is 9.47 Å². The van der Waals surface area contributed by atoms with Gasteiger partial charge in [0.25, 0.3) is 0 Å². The van der Waals surface area contributed by atoms with Crippen LogP contribution in [0.1, 0.15) is 38.5 Å². The Hall–Kier alpha value is -0.410. The summed E-state index contributed by atoms with van der Waals surface area (Å²) in [6.07, 6.45) is 6.97. The Kier molecular flexibility index (Phi) is 4.15. The lowest BCUT2D eigenvalue weighted by molar-refractivity contribution is -0.130. The van der Waals surface area contributed by atoms with Gasteiger partial charge in [0.1, 0.15) is 6.61 Å². The van der Waals surface area contributed by atoms with Crippen LogP contribution in [0.5, 0.6) is 0 Å². The van der Waals surface area contributed by atoms with E-state index in [1.165, 1.54) is 19.3 Å². The second kappa shape index (κ2) is 5.61. The number of ether oxygens (including phenoxy) is 2. The lowest BCUT2D eigenvalue weighted by atomic mass is 9.86. The quantitative estimate of drug-likeness (QED) is 0.714. The molecule has 2 fully saturated rings. The van der Waals surface area contributed by atoms with Gasteiger partial charge in [-0.1, -0.05) is 19.3 Å². The molecular formula is C12H20O3. The van der Waals surface area contributed by atoms with Crippen LogP contribution in [0.4, 0.5) is 0 Å². The van der Waals surface area contributed by atoms with Gasteiger partial charge in [-0.3, -0.25) is 4.79 Å². The highest BCUT2D eigenvalue weighted by atomic mass is 16.5. The Bertz CT molecular complexity index is 203. The fraction of sp³-hybridized carbons (Fsp3) is 0.917. The smallest absolute Gasteiger partial charge is 0.161 e. The monoisotopic (exact) mass is 212 g/mol. The van der Waals surface area contributed by atoms with E-state index in [4.69, 9.17) is 9.47 Å². The largest absolute Gasteiger partial charge is 0.379 e. The zero-order valence-corrected chi connectivity index (χ0v) is 9.24. The van der Waals surface area contributed by atoms with Crippen molar-refractivity contribution in [3.05, 3.63) is 0 Å². The van der Waals surface area contributed by atoms with Gasteiger partial charge in [-0.2, -0.15) is 0 Å². The maximum atomic E-state index is 11.8. The molecule has 0 aromatic heterocycles. The predicted octanol–water partition coefficient (Wildman–Crippen LogP) is 1.94. The molecule has 1 atom stereocenters. The first-order chi connectivity index (χ1) is 7.36. The minimum absolute atomic E-state index is 0.164. The molecule has 0 amide bonds. The topological polar surface area (TPSA) is 35.5 Å². The fourth-order valence-corrected chi connectivity index (χ4v) is 2.39. The molecular weight excluding hydrogens is 192 g/mol. The number of rotatable bonds is 4. The number of hydrogen-bond donors (Lipinski definition) is 0. The summed E-state index contributed by atoms with van der Waals surface area (Å²) < 4.78 is 10.7. The van der Waals surface area contributed by atoms with E-state index in [0.29, 0.717) is 19.0 Å². The van der Waals surface area contributed by atoms with Gasteiger partial charge in [0, 0.05) is 12.5 Å². The highest BCUT2D eigenvalue weighted by Gasteiger charge is 2.23. The van der Waals surface area contributed by atoms with Gasteiger partial charge in [0.05, 0.1) is 12.7 Å². The van der Waals surface area contributed by atoms with Gasteiger partial charge >= 0.3 is 0 Å². The van der Waals surface area contributed by atoms with Gasteiger partial charge in [0.2, 0.25) is 0 Å². The van der Waals surface area contributed by atoms with Gasteiger partial charge in [0.15, 0.2) is 5.78 Å². The third-order valence-corrected chi connectivity index (χ3v) is 3.41. The third-order valence-electron chi connectivity index (χ3n) is 3.41.